The van der Waals surface area contributed by atoms with Gasteiger partial charge >= 0.3 is 0 Å². The number of hydrogen-bond donors (Lipinski definition) is 0. The Labute approximate surface area is 145 Å². The molecule has 0 N–H and O–H groups in total. The van der Waals surface area contributed by atoms with Crippen LogP contribution in [0.5, 0.6) is 5.75 Å². The molecule has 25 heavy (non-hydrogen) atoms. The van der Waals surface area contributed by atoms with Gasteiger partial charge in [0.1, 0.15) is 5.75 Å². The lowest BCUT2D eigenvalue weighted by molar-refractivity contribution is 0.0992. The number of carbonyl (C=O) groups excluding carboxylic acids is 2. The number of ether oxygens (including phenoxy) is 1. The van der Waals surface area contributed by atoms with Crippen molar-refractivity contribution in [2.75, 3.05) is 7.11 Å². The summed E-state index contributed by atoms with van der Waals surface area (Å²) in [6.45, 7) is 1.72. The van der Waals surface area contributed by atoms with Crippen LogP contribution >= 0.6 is 0 Å². The highest BCUT2D eigenvalue weighted by molar-refractivity contribution is 6.42. The van der Waals surface area contributed by atoms with Crippen molar-refractivity contribution in [1.82, 2.24) is 0 Å². The zero-order valence-electron chi connectivity index (χ0n) is 14.0. The van der Waals surface area contributed by atoms with Crippen LogP contribution in [0.1, 0.15) is 33.2 Å². The van der Waals surface area contributed by atoms with Gasteiger partial charge in [-0.2, -0.15) is 0 Å². The van der Waals surface area contributed by atoms with E-state index in [9.17, 15) is 9.59 Å². The Morgan fingerprint density at radius 2 is 1.40 bits per heavy atom. The molecule has 0 bridgehead atoms. The predicted molar refractivity (Wildman–Crippen MR) is 98.2 cm³/mol. The molecule has 0 unspecified atom stereocenters. The number of hydrogen-bond acceptors (Lipinski definition) is 3. The third-order valence-electron chi connectivity index (χ3n) is 4.72. The van der Waals surface area contributed by atoms with Gasteiger partial charge in [0.2, 0.25) is 0 Å². The zero-order chi connectivity index (χ0) is 17.6. The Balaban J connectivity index is 2.09. The lowest BCUT2D eigenvalue weighted by atomic mass is 9.80. The topological polar surface area (TPSA) is 43.4 Å². The van der Waals surface area contributed by atoms with Crippen LogP contribution in [0.15, 0.2) is 66.2 Å². The van der Waals surface area contributed by atoms with Crippen LogP contribution in [0.2, 0.25) is 0 Å². The molecular formula is C22H16O3. The van der Waals surface area contributed by atoms with Crippen molar-refractivity contribution < 1.29 is 14.3 Å². The van der Waals surface area contributed by atoms with Gasteiger partial charge in [0.05, 0.1) is 7.11 Å². The van der Waals surface area contributed by atoms with E-state index in [0.29, 0.717) is 33.6 Å². The maximum atomic E-state index is 13.2. The van der Waals surface area contributed by atoms with Crippen LogP contribution in [-0.2, 0) is 0 Å². The van der Waals surface area contributed by atoms with Gasteiger partial charge < -0.3 is 4.74 Å². The summed E-state index contributed by atoms with van der Waals surface area (Å²) in [5.41, 5.74) is 2.48. The molecule has 0 aliphatic heterocycles. The minimum Gasteiger partial charge on any atom is -0.496 e. The minimum absolute atomic E-state index is 0.111. The molecule has 0 saturated heterocycles. The molecule has 3 aromatic rings. The smallest absolute Gasteiger partial charge is 0.194 e. The number of benzene rings is 3. The van der Waals surface area contributed by atoms with Gasteiger partial charge in [-0.05, 0) is 23.8 Å². The Morgan fingerprint density at radius 3 is 2.12 bits per heavy atom. The van der Waals surface area contributed by atoms with E-state index in [-0.39, 0.29) is 11.6 Å². The molecule has 0 spiro atoms. The van der Waals surface area contributed by atoms with Crippen LogP contribution in [0, 0.1) is 0 Å². The molecule has 0 radical (unpaired) electrons. The number of methoxy groups -OCH3 is 1. The molecule has 1 aliphatic rings. The van der Waals surface area contributed by atoms with Crippen LogP contribution in [0.4, 0.5) is 0 Å². The number of Topliss-reactive ketones (excluding diaryl/α,β-unsaturated/α-hetero) is 2. The second kappa shape index (κ2) is 5.71. The molecule has 122 valence electrons. The maximum absolute atomic E-state index is 13.2. The predicted octanol–water partition coefficient (Wildman–Crippen LogP) is 4.70. The minimum atomic E-state index is -0.137. The fourth-order valence-electron chi connectivity index (χ4n) is 3.48. The van der Waals surface area contributed by atoms with Crippen LogP contribution in [-0.4, -0.2) is 18.7 Å². The molecule has 0 amide bonds. The molecule has 1 aliphatic carbocycles. The van der Waals surface area contributed by atoms with Gasteiger partial charge in [0.15, 0.2) is 11.6 Å². The third-order valence-corrected chi connectivity index (χ3v) is 4.72. The first-order chi connectivity index (χ1) is 12.1. The van der Waals surface area contributed by atoms with Gasteiger partial charge in [-0.1, -0.05) is 54.6 Å². The molecule has 0 heterocycles. The summed E-state index contributed by atoms with van der Waals surface area (Å²) in [7, 11) is 1.58. The monoisotopic (exact) mass is 328 g/mol. The average Bonchev–Trinajstić information content (AvgIpc) is 2.66. The Kier molecular flexibility index (Phi) is 3.50. The molecule has 3 aromatic carbocycles. The fraction of sp³-hybridized carbons (Fsp3) is 0.0909. The highest BCUT2D eigenvalue weighted by atomic mass is 16.5. The molecule has 0 fully saturated rings. The first kappa shape index (κ1) is 15.3. The summed E-state index contributed by atoms with van der Waals surface area (Å²) in [4.78, 5) is 26.0. The Hall–Kier alpha value is -3.20. The number of ketones is 2. The molecule has 0 saturated carbocycles. The van der Waals surface area contributed by atoms with Crippen molar-refractivity contribution in [3.8, 4) is 5.75 Å². The Bertz CT molecular complexity index is 1070. The van der Waals surface area contributed by atoms with Crippen molar-refractivity contribution in [2.45, 2.75) is 6.92 Å². The molecule has 0 atom stereocenters. The highest BCUT2D eigenvalue weighted by Crippen LogP contribution is 2.40. The largest absolute Gasteiger partial charge is 0.496 e. The summed E-state index contributed by atoms with van der Waals surface area (Å²) >= 11 is 0. The summed E-state index contributed by atoms with van der Waals surface area (Å²) in [6.07, 6.45) is 0. The van der Waals surface area contributed by atoms with Gasteiger partial charge in [0, 0.05) is 27.8 Å². The first-order valence-corrected chi connectivity index (χ1v) is 8.09. The second-order valence-corrected chi connectivity index (χ2v) is 6.07. The van der Waals surface area contributed by atoms with Gasteiger partial charge in [-0.3, -0.25) is 9.59 Å². The number of rotatable bonds is 2. The Morgan fingerprint density at radius 1 is 0.760 bits per heavy atom. The SMILES string of the molecule is COc1ccc2ccccc2c1C1=C(C)C(=O)c2ccccc2C1=O. The van der Waals surface area contributed by atoms with Crippen molar-refractivity contribution in [3.63, 3.8) is 0 Å². The van der Waals surface area contributed by atoms with Crippen molar-refractivity contribution in [2.24, 2.45) is 0 Å². The molecule has 3 nitrogen and oxygen atoms in total. The van der Waals surface area contributed by atoms with E-state index >= 15 is 0 Å². The van der Waals surface area contributed by atoms with Crippen molar-refractivity contribution in [3.05, 3.63) is 82.9 Å². The van der Waals surface area contributed by atoms with E-state index in [2.05, 4.69) is 0 Å². The summed E-state index contributed by atoms with van der Waals surface area (Å²) in [6, 6.07) is 18.6. The lowest BCUT2D eigenvalue weighted by Crippen LogP contribution is -2.20. The van der Waals surface area contributed by atoms with E-state index in [0.717, 1.165) is 10.8 Å². The second-order valence-electron chi connectivity index (χ2n) is 6.07. The normalized spacial score (nSPS) is 14.0. The van der Waals surface area contributed by atoms with Crippen LogP contribution < -0.4 is 4.74 Å². The molecule has 4 rings (SSSR count). The maximum Gasteiger partial charge on any atom is 0.194 e. The van der Waals surface area contributed by atoms with Crippen molar-refractivity contribution in [1.29, 1.82) is 0 Å². The van der Waals surface area contributed by atoms with Gasteiger partial charge in [0.25, 0.3) is 0 Å². The summed E-state index contributed by atoms with van der Waals surface area (Å²) < 4.78 is 5.53. The number of fused-ring (bicyclic) bond motifs is 2. The van der Waals surface area contributed by atoms with Gasteiger partial charge in [-0.15, -0.1) is 0 Å². The third kappa shape index (κ3) is 2.20. The molecule has 3 heteroatoms. The van der Waals surface area contributed by atoms with E-state index < -0.39 is 0 Å². The van der Waals surface area contributed by atoms with Gasteiger partial charge in [-0.25, -0.2) is 0 Å². The molecule has 0 aromatic heterocycles. The highest BCUT2D eigenvalue weighted by Gasteiger charge is 2.32. The first-order valence-electron chi connectivity index (χ1n) is 8.09. The zero-order valence-corrected chi connectivity index (χ0v) is 14.0. The van der Waals surface area contributed by atoms with Crippen LogP contribution in [0.3, 0.4) is 0 Å². The summed E-state index contributed by atoms with van der Waals surface area (Å²) in [5.74, 6) is 0.344. The fourth-order valence-corrected chi connectivity index (χ4v) is 3.48. The number of carbonyl (C=O) groups is 2. The van der Waals surface area contributed by atoms with E-state index in [4.69, 9.17) is 4.74 Å². The van der Waals surface area contributed by atoms with Crippen LogP contribution in [0.25, 0.3) is 16.3 Å². The quantitative estimate of drug-likeness (QED) is 0.685. The van der Waals surface area contributed by atoms with E-state index in [1.807, 2.05) is 36.4 Å². The molecular weight excluding hydrogens is 312 g/mol. The van der Waals surface area contributed by atoms with E-state index in [1.165, 1.54) is 0 Å². The average molecular weight is 328 g/mol. The summed E-state index contributed by atoms with van der Waals surface area (Å²) in [5, 5.41) is 1.90. The van der Waals surface area contributed by atoms with E-state index in [1.54, 1.807) is 38.3 Å². The standard InChI is InChI=1S/C22H16O3/c1-13-19(22(24)17-10-6-5-9-16(17)21(13)23)20-15-8-4-3-7-14(15)11-12-18(20)25-2/h3-12H,1-2H3. The van der Waals surface area contributed by atoms with Crippen molar-refractivity contribution >= 4 is 27.9 Å². The number of allylic oxidation sites excluding steroid dienone is 2. The lowest BCUT2D eigenvalue weighted by Gasteiger charge is -2.22.